The first-order valence-electron chi connectivity index (χ1n) is 6.60. The first kappa shape index (κ1) is 14.7. The van der Waals surface area contributed by atoms with Gasteiger partial charge in [0, 0.05) is 11.1 Å². The summed E-state index contributed by atoms with van der Waals surface area (Å²) in [6.45, 7) is 0.0580. The SMILES string of the molecule is N#CC(=Cc1cccc(F)c1F)C(=O)c1ccc2c(c1)OCO2. The van der Waals surface area contributed by atoms with Gasteiger partial charge in [-0.15, -0.1) is 0 Å². The molecule has 0 unspecified atom stereocenters. The van der Waals surface area contributed by atoms with Gasteiger partial charge in [0.15, 0.2) is 23.1 Å². The number of ketones is 1. The van der Waals surface area contributed by atoms with Crippen molar-refractivity contribution < 1.29 is 23.0 Å². The van der Waals surface area contributed by atoms with E-state index in [9.17, 15) is 13.6 Å². The van der Waals surface area contributed by atoms with E-state index in [0.29, 0.717) is 11.5 Å². The van der Waals surface area contributed by atoms with E-state index in [1.54, 1.807) is 12.1 Å². The maximum Gasteiger partial charge on any atom is 0.231 e. The smallest absolute Gasteiger partial charge is 0.231 e. The minimum atomic E-state index is -1.11. The molecule has 0 saturated carbocycles. The fraction of sp³-hybridized carbons (Fsp3) is 0.0588. The van der Waals surface area contributed by atoms with Crippen molar-refractivity contribution in [3.05, 3.63) is 64.7 Å². The van der Waals surface area contributed by atoms with Crippen LogP contribution in [0.3, 0.4) is 0 Å². The summed E-state index contributed by atoms with van der Waals surface area (Å²) < 4.78 is 37.2. The van der Waals surface area contributed by atoms with Crippen LogP contribution in [0.2, 0.25) is 0 Å². The molecule has 0 radical (unpaired) electrons. The molecule has 0 aromatic heterocycles. The summed E-state index contributed by atoms with van der Waals surface area (Å²) in [6.07, 6.45) is 1.02. The molecule has 0 aliphatic carbocycles. The Hall–Kier alpha value is -3.20. The van der Waals surface area contributed by atoms with Crippen molar-refractivity contribution in [3.63, 3.8) is 0 Å². The Labute approximate surface area is 130 Å². The molecule has 0 N–H and O–H groups in total. The molecule has 0 bridgehead atoms. The summed E-state index contributed by atoms with van der Waals surface area (Å²) >= 11 is 0. The van der Waals surface area contributed by atoms with E-state index in [1.165, 1.54) is 24.3 Å². The van der Waals surface area contributed by atoms with Gasteiger partial charge < -0.3 is 9.47 Å². The van der Waals surface area contributed by atoms with Crippen LogP contribution in [0.5, 0.6) is 11.5 Å². The van der Waals surface area contributed by atoms with Crippen LogP contribution in [-0.4, -0.2) is 12.6 Å². The van der Waals surface area contributed by atoms with Crippen molar-refractivity contribution in [2.24, 2.45) is 0 Å². The Morgan fingerprint density at radius 2 is 1.96 bits per heavy atom. The van der Waals surface area contributed by atoms with Gasteiger partial charge >= 0.3 is 0 Å². The zero-order valence-corrected chi connectivity index (χ0v) is 11.7. The predicted octanol–water partition coefficient (Wildman–Crippen LogP) is 3.48. The van der Waals surface area contributed by atoms with Crippen LogP contribution in [0.25, 0.3) is 6.08 Å². The topological polar surface area (TPSA) is 59.3 Å². The summed E-state index contributed by atoms with van der Waals surface area (Å²) in [5, 5.41) is 9.16. The zero-order valence-electron chi connectivity index (χ0n) is 11.7. The van der Waals surface area contributed by atoms with E-state index in [0.717, 1.165) is 12.1 Å². The van der Waals surface area contributed by atoms with Gasteiger partial charge in [-0.25, -0.2) is 8.78 Å². The third kappa shape index (κ3) is 2.77. The average molecular weight is 313 g/mol. The maximum absolute atomic E-state index is 13.7. The number of ether oxygens (including phenoxy) is 2. The normalized spacial score (nSPS) is 12.8. The molecule has 2 aromatic carbocycles. The molecule has 3 rings (SSSR count). The Morgan fingerprint density at radius 1 is 1.17 bits per heavy atom. The van der Waals surface area contributed by atoms with Crippen molar-refractivity contribution in [3.8, 4) is 17.6 Å². The first-order valence-corrected chi connectivity index (χ1v) is 6.60. The second-order valence-corrected chi connectivity index (χ2v) is 4.71. The molecule has 0 saturated heterocycles. The summed E-state index contributed by atoms with van der Waals surface area (Å²) in [6, 6.07) is 9.71. The van der Waals surface area contributed by atoms with Crippen LogP contribution in [-0.2, 0) is 0 Å². The van der Waals surface area contributed by atoms with Gasteiger partial charge in [-0.1, -0.05) is 12.1 Å². The minimum absolute atomic E-state index is 0.0580. The van der Waals surface area contributed by atoms with Crippen LogP contribution >= 0.6 is 0 Å². The molecule has 0 spiro atoms. The molecule has 1 heterocycles. The summed E-state index contributed by atoms with van der Waals surface area (Å²) in [7, 11) is 0. The molecule has 0 fully saturated rings. The number of carbonyl (C=O) groups is 1. The van der Waals surface area contributed by atoms with Gasteiger partial charge in [0.2, 0.25) is 12.6 Å². The van der Waals surface area contributed by atoms with Gasteiger partial charge in [0.05, 0.1) is 0 Å². The first-order chi connectivity index (χ1) is 11.1. The van der Waals surface area contributed by atoms with Crippen LogP contribution in [0, 0.1) is 23.0 Å². The van der Waals surface area contributed by atoms with Crippen molar-refractivity contribution in [1.82, 2.24) is 0 Å². The number of hydrogen-bond acceptors (Lipinski definition) is 4. The lowest BCUT2D eigenvalue weighted by atomic mass is 10.0. The number of nitriles is 1. The highest BCUT2D eigenvalue weighted by molar-refractivity contribution is 6.14. The standard InChI is InChI=1S/C17H9F2NO3/c18-13-3-1-2-10(16(13)19)6-12(8-20)17(21)11-4-5-14-15(7-11)23-9-22-14/h1-7H,9H2. The molecular formula is C17H9F2NO3. The molecule has 6 heteroatoms. The number of halogens is 2. The van der Waals surface area contributed by atoms with Crippen LogP contribution < -0.4 is 9.47 Å². The molecule has 2 aromatic rings. The number of nitrogens with zero attached hydrogens (tertiary/aromatic N) is 1. The lowest BCUT2D eigenvalue weighted by molar-refractivity contribution is 0.103. The predicted molar refractivity (Wildman–Crippen MR) is 76.8 cm³/mol. The minimum Gasteiger partial charge on any atom is -0.454 e. The molecule has 114 valence electrons. The van der Waals surface area contributed by atoms with Gasteiger partial charge in [-0.2, -0.15) is 5.26 Å². The van der Waals surface area contributed by atoms with Crippen molar-refractivity contribution in [2.45, 2.75) is 0 Å². The molecular weight excluding hydrogens is 304 g/mol. The molecule has 23 heavy (non-hydrogen) atoms. The molecule has 4 nitrogen and oxygen atoms in total. The quantitative estimate of drug-likeness (QED) is 0.494. The zero-order chi connectivity index (χ0) is 16.4. The van der Waals surface area contributed by atoms with E-state index in [2.05, 4.69) is 0 Å². The number of Topliss-reactive ketones (excluding diaryl/α,β-unsaturated/α-hetero) is 1. The van der Waals surface area contributed by atoms with E-state index in [-0.39, 0.29) is 23.5 Å². The van der Waals surface area contributed by atoms with Crippen molar-refractivity contribution >= 4 is 11.9 Å². The molecule has 1 aliphatic heterocycles. The monoisotopic (exact) mass is 313 g/mol. The number of rotatable bonds is 3. The van der Waals surface area contributed by atoms with Gasteiger partial charge in [-0.05, 0) is 30.3 Å². The fourth-order valence-electron chi connectivity index (χ4n) is 2.13. The lowest BCUT2D eigenvalue weighted by Crippen LogP contribution is -2.02. The van der Waals surface area contributed by atoms with Crippen LogP contribution in [0.15, 0.2) is 42.0 Å². The third-order valence-corrected chi connectivity index (χ3v) is 3.28. The Morgan fingerprint density at radius 3 is 2.74 bits per heavy atom. The molecule has 0 amide bonds. The lowest BCUT2D eigenvalue weighted by Gasteiger charge is -2.03. The summed E-state index contributed by atoms with van der Waals surface area (Å²) in [5.41, 5.74) is -0.289. The largest absolute Gasteiger partial charge is 0.454 e. The van der Waals surface area contributed by atoms with Crippen molar-refractivity contribution in [1.29, 1.82) is 5.26 Å². The highest BCUT2D eigenvalue weighted by Crippen LogP contribution is 2.33. The van der Waals surface area contributed by atoms with Gasteiger partial charge in [0.1, 0.15) is 11.6 Å². The highest BCUT2D eigenvalue weighted by atomic mass is 19.2. The molecule has 1 aliphatic rings. The van der Waals surface area contributed by atoms with E-state index in [1.807, 2.05) is 0 Å². The second-order valence-electron chi connectivity index (χ2n) is 4.71. The summed E-state index contributed by atoms with van der Waals surface area (Å²) in [4.78, 5) is 12.4. The highest BCUT2D eigenvalue weighted by Gasteiger charge is 2.19. The third-order valence-electron chi connectivity index (χ3n) is 3.28. The fourth-order valence-corrected chi connectivity index (χ4v) is 2.13. The van der Waals surface area contributed by atoms with E-state index in [4.69, 9.17) is 14.7 Å². The van der Waals surface area contributed by atoms with Crippen LogP contribution in [0.1, 0.15) is 15.9 Å². The second kappa shape index (κ2) is 5.89. The number of carbonyl (C=O) groups excluding carboxylic acids is 1. The van der Waals surface area contributed by atoms with E-state index < -0.39 is 17.4 Å². The van der Waals surface area contributed by atoms with Gasteiger partial charge in [0.25, 0.3) is 0 Å². The number of benzene rings is 2. The number of allylic oxidation sites excluding steroid dienone is 1. The number of fused-ring (bicyclic) bond motifs is 1. The molecule has 0 atom stereocenters. The Balaban J connectivity index is 1.98. The van der Waals surface area contributed by atoms with Gasteiger partial charge in [-0.3, -0.25) is 4.79 Å². The van der Waals surface area contributed by atoms with Crippen LogP contribution in [0.4, 0.5) is 8.78 Å². The Kier molecular flexibility index (Phi) is 3.77. The Bertz CT molecular complexity index is 869. The van der Waals surface area contributed by atoms with E-state index >= 15 is 0 Å². The maximum atomic E-state index is 13.7. The van der Waals surface area contributed by atoms with Crippen molar-refractivity contribution in [2.75, 3.05) is 6.79 Å². The summed E-state index contributed by atoms with van der Waals surface area (Å²) in [5.74, 6) is -1.88. The average Bonchev–Trinajstić information content (AvgIpc) is 3.03. The number of hydrogen-bond donors (Lipinski definition) is 0.